The van der Waals surface area contributed by atoms with E-state index in [9.17, 15) is 14.9 Å². The summed E-state index contributed by atoms with van der Waals surface area (Å²) in [6.45, 7) is 2.12. The minimum Gasteiger partial charge on any atom is -0.493 e. The van der Waals surface area contributed by atoms with Gasteiger partial charge in [-0.25, -0.2) is 4.79 Å². The van der Waals surface area contributed by atoms with Crippen LogP contribution in [0.1, 0.15) is 48.5 Å². The molecule has 1 aliphatic rings. The molecule has 0 unspecified atom stereocenters. The lowest BCUT2D eigenvalue weighted by atomic mass is 9.86. The van der Waals surface area contributed by atoms with Crippen molar-refractivity contribution >= 4 is 18.0 Å². The van der Waals surface area contributed by atoms with Crippen LogP contribution in [0.25, 0.3) is 6.08 Å². The fourth-order valence-corrected chi connectivity index (χ4v) is 3.60. The standard InChI is InChI=1S/C24H25N3O4/c1-16-5-3-4-6-20(16)27-23(28)19(15-25)13-17-7-8-21(22(14-17)30-2)31-24(29)18-9-11-26-12-10-18/h7-14,16,20H,3-6H2,1-2H3,(H,27,28)/b19-13+/t16-,20-/m1/s1. The predicted octanol–water partition coefficient (Wildman–Crippen LogP) is 3.91. The number of aromatic nitrogens is 1. The number of benzene rings is 1. The number of amides is 1. The number of hydrogen-bond acceptors (Lipinski definition) is 6. The lowest BCUT2D eigenvalue weighted by molar-refractivity contribution is -0.118. The van der Waals surface area contributed by atoms with E-state index in [1.165, 1.54) is 32.0 Å². The van der Waals surface area contributed by atoms with Crippen molar-refractivity contribution in [2.45, 2.75) is 38.6 Å². The van der Waals surface area contributed by atoms with Gasteiger partial charge in [-0.1, -0.05) is 25.8 Å². The minimum atomic E-state index is -0.539. The summed E-state index contributed by atoms with van der Waals surface area (Å²) in [6, 6.07) is 10.0. The van der Waals surface area contributed by atoms with Gasteiger partial charge in [0.2, 0.25) is 0 Å². The van der Waals surface area contributed by atoms with Gasteiger partial charge < -0.3 is 14.8 Å². The van der Waals surface area contributed by atoms with Crippen LogP contribution in [0.15, 0.2) is 48.3 Å². The molecule has 3 rings (SSSR count). The Morgan fingerprint density at radius 3 is 2.58 bits per heavy atom. The summed E-state index contributed by atoms with van der Waals surface area (Å²) >= 11 is 0. The second-order valence-electron chi connectivity index (χ2n) is 7.55. The lowest BCUT2D eigenvalue weighted by Crippen LogP contribution is -2.41. The quantitative estimate of drug-likeness (QED) is 0.330. The molecule has 160 valence electrons. The molecule has 1 aliphatic carbocycles. The maximum atomic E-state index is 12.6. The van der Waals surface area contributed by atoms with E-state index in [0.29, 0.717) is 22.8 Å². The smallest absolute Gasteiger partial charge is 0.343 e. The lowest BCUT2D eigenvalue weighted by Gasteiger charge is -2.29. The Bertz CT molecular complexity index is 1010. The number of nitriles is 1. The third-order valence-electron chi connectivity index (χ3n) is 5.41. The van der Waals surface area contributed by atoms with Crippen molar-refractivity contribution in [2.75, 3.05) is 7.11 Å². The Labute approximate surface area is 181 Å². The molecule has 0 saturated heterocycles. The first kappa shape index (κ1) is 22.0. The highest BCUT2D eigenvalue weighted by Gasteiger charge is 2.24. The summed E-state index contributed by atoms with van der Waals surface area (Å²) in [7, 11) is 1.45. The normalized spacial score (nSPS) is 18.5. The number of methoxy groups -OCH3 is 1. The van der Waals surface area contributed by atoms with Gasteiger partial charge in [-0.15, -0.1) is 0 Å². The maximum absolute atomic E-state index is 12.6. The largest absolute Gasteiger partial charge is 0.493 e. The average molecular weight is 419 g/mol. The van der Waals surface area contributed by atoms with Gasteiger partial charge in [0.1, 0.15) is 11.6 Å². The zero-order valence-electron chi connectivity index (χ0n) is 17.6. The van der Waals surface area contributed by atoms with Crippen molar-refractivity contribution in [1.29, 1.82) is 5.26 Å². The number of rotatable bonds is 6. The van der Waals surface area contributed by atoms with E-state index >= 15 is 0 Å². The second kappa shape index (κ2) is 10.4. The summed E-state index contributed by atoms with van der Waals surface area (Å²) < 4.78 is 10.7. The Hall–Kier alpha value is -3.66. The number of carbonyl (C=O) groups excluding carboxylic acids is 2. The molecule has 2 aromatic rings. The monoisotopic (exact) mass is 419 g/mol. The number of nitrogens with one attached hydrogen (secondary N) is 1. The molecule has 1 saturated carbocycles. The first-order valence-corrected chi connectivity index (χ1v) is 10.2. The molecule has 0 spiro atoms. The van der Waals surface area contributed by atoms with Crippen LogP contribution in [0.5, 0.6) is 11.5 Å². The summed E-state index contributed by atoms with van der Waals surface area (Å²) in [5.74, 6) is 0.0263. The van der Waals surface area contributed by atoms with Crippen molar-refractivity contribution in [3.63, 3.8) is 0 Å². The molecular formula is C24H25N3O4. The van der Waals surface area contributed by atoms with Gasteiger partial charge >= 0.3 is 5.97 Å². The van der Waals surface area contributed by atoms with Crippen molar-refractivity contribution in [2.24, 2.45) is 5.92 Å². The molecular weight excluding hydrogens is 394 g/mol. The number of nitrogens with zero attached hydrogens (tertiary/aromatic N) is 2. The van der Waals surface area contributed by atoms with E-state index in [4.69, 9.17) is 9.47 Å². The molecule has 1 amide bonds. The van der Waals surface area contributed by atoms with Crippen LogP contribution >= 0.6 is 0 Å². The number of hydrogen-bond donors (Lipinski definition) is 1. The second-order valence-corrected chi connectivity index (χ2v) is 7.55. The van der Waals surface area contributed by atoms with Crippen molar-refractivity contribution in [1.82, 2.24) is 10.3 Å². The van der Waals surface area contributed by atoms with E-state index in [-0.39, 0.29) is 23.3 Å². The SMILES string of the molecule is COc1cc(/C=C(\C#N)C(=O)N[C@@H]2CCCC[C@H]2C)ccc1OC(=O)c1ccncc1. The average Bonchev–Trinajstić information content (AvgIpc) is 2.80. The molecule has 1 aromatic heterocycles. The van der Waals surface area contributed by atoms with Gasteiger partial charge in [0.25, 0.3) is 5.91 Å². The molecule has 0 bridgehead atoms. The Balaban J connectivity index is 1.75. The molecule has 0 radical (unpaired) electrons. The van der Waals surface area contributed by atoms with Gasteiger partial charge in [-0.05, 0) is 54.7 Å². The van der Waals surface area contributed by atoms with Crippen molar-refractivity contribution < 1.29 is 19.1 Å². The molecule has 31 heavy (non-hydrogen) atoms. The highest BCUT2D eigenvalue weighted by molar-refractivity contribution is 6.02. The molecule has 1 fully saturated rings. The molecule has 1 heterocycles. The molecule has 7 heteroatoms. The summed E-state index contributed by atoms with van der Waals surface area (Å²) in [6.07, 6.45) is 8.77. The minimum absolute atomic E-state index is 0.0151. The number of esters is 1. The Kier molecular flexibility index (Phi) is 7.39. The van der Waals surface area contributed by atoms with Gasteiger partial charge in [-0.2, -0.15) is 5.26 Å². The van der Waals surface area contributed by atoms with Crippen LogP contribution in [0.4, 0.5) is 0 Å². The van der Waals surface area contributed by atoms with Crippen molar-refractivity contribution in [3.05, 3.63) is 59.4 Å². The summed E-state index contributed by atoms with van der Waals surface area (Å²) in [4.78, 5) is 28.8. The molecule has 2 atom stereocenters. The van der Waals surface area contributed by atoms with Gasteiger partial charge in [0, 0.05) is 18.4 Å². The van der Waals surface area contributed by atoms with Crippen LogP contribution in [0, 0.1) is 17.2 Å². The summed E-state index contributed by atoms with van der Waals surface area (Å²) in [5.41, 5.74) is 0.965. The number of pyridine rings is 1. The van der Waals surface area contributed by atoms with Gasteiger partial charge in [-0.3, -0.25) is 9.78 Å². The van der Waals surface area contributed by atoms with Crippen LogP contribution < -0.4 is 14.8 Å². The molecule has 1 aromatic carbocycles. The fourth-order valence-electron chi connectivity index (χ4n) is 3.60. The third-order valence-corrected chi connectivity index (χ3v) is 5.41. The maximum Gasteiger partial charge on any atom is 0.343 e. The van der Waals surface area contributed by atoms with E-state index in [1.54, 1.807) is 30.3 Å². The van der Waals surface area contributed by atoms with Crippen LogP contribution in [-0.4, -0.2) is 30.0 Å². The molecule has 7 nitrogen and oxygen atoms in total. The fraction of sp³-hybridized carbons (Fsp3) is 0.333. The Morgan fingerprint density at radius 2 is 1.90 bits per heavy atom. The van der Waals surface area contributed by atoms with E-state index in [0.717, 1.165) is 19.3 Å². The molecule has 0 aliphatic heterocycles. The highest BCUT2D eigenvalue weighted by Crippen LogP contribution is 2.30. The third kappa shape index (κ3) is 5.70. The number of ether oxygens (including phenoxy) is 2. The van der Waals surface area contributed by atoms with Crippen LogP contribution in [0.3, 0.4) is 0 Å². The Morgan fingerprint density at radius 1 is 1.16 bits per heavy atom. The number of carbonyl (C=O) groups is 2. The molecule has 1 N–H and O–H groups in total. The first-order valence-electron chi connectivity index (χ1n) is 10.2. The van der Waals surface area contributed by atoms with E-state index < -0.39 is 5.97 Å². The van der Waals surface area contributed by atoms with Crippen LogP contribution in [-0.2, 0) is 4.79 Å². The first-order chi connectivity index (χ1) is 15.0. The topological polar surface area (TPSA) is 101 Å². The van der Waals surface area contributed by atoms with Gasteiger partial charge in [0.15, 0.2) is 11.5 Å². The zero-order chi connectivity index (χ0) is 22.2. The predicted molar refractivity (Wildman–Crippen MR) is 115 cm³/mol. The van der Waals surface area contributed by atoms with E-state index in [1.807, 2.05) is 6.07 Å². The van der Waals surface area contributed by atoms with Crippen LogP contribution in [0.2, 0.25) is 0 Å². The highest BCUT2D eigenvalue weighted by atomic mass is 16.6. The van der Waals surface area contributed by atoms with Gasteiger partial charge in [0.05, 0.1) is 12.7 Å². The van der Waals surface area contributed by atoms with Crippen molar-refractivity contribution in [3.8, 4) is 17.6 Å². The van der Waals surface area contributed by atoms with E-state index in [2.05, 4.69) is 17.2 Å². The zero-order valence-corrected chi connectivity index (χ0v) is 17.6. The summed E-state index contributed by atoms with van der Waals surface area (Å²) in [5, 5.41) is 12.5.